The van der Waals surface area contributed by atoms with E-state index in [0.29, 0.717) is 19.4 Å². The third-order valence-electron chi connectivity index (χ3n) is 5.20. The first-order chi connectivity index (χ1) is 15.6. The SMILES string of the molecule is Oc1cccc(C=C(CC(Cl)(OCCc2ncc[nH]2)c2ccccc2)c2ccccc2)c1. The molecule has 2 N–H and O–H groups in total. The Bertz CT molecular complexity index is 1140. The molecule has 0 radical (unpaired) electrons. The van der Waals surface area contributed by atoms with Crippen molar-refractivity contribution in [3.8, 4) is 5.75 Å². The van der Waals surface area contributed by atoms with Crippen LogP contribution in [0.15, 0.2) is 97.3 Å². The van der Waals surface area contributed by atoms with Crippen LogP contribution >= 0.6 is 11.6 Å². The maximum Gasteiger partial charge on any atom is 0.171 e. The van der Waals surface area contributed by atoms with Gasteiger partial charge in [0.15, 0.2) is 5.06 Å². The summed E-state index contributed by atoms with van der Waals surface area (Å²) in [5, 5.41) is 8.86. The molecule has 1 heterocycles. The number of hydrogen-bond donors (Lipinski definition) is 2. The zero-order chi connectivity index (χ0) is 22.2. The molecule has 4 nitrogen and oxygen atoms in total. The maximum absolute atomic E-state index is 9.92. The molecule has 4 rings (SSSR count). The van der Waals surface area contributed by atoms with Crippen molar-refractivity contribution in [2.24, 2.45) is 0 Å². The summed E-state index contributed by atoms with van der Waals surface area (Å²) in [7, 11) is 0. The van der Waals surface area contributed by atoms with Crippen LogP contribution in [0.2, 0.25) is 0 Å². The molecule has 5 heteroatoms. The monoisotopic (exact) mass is 444 g/mol. The fraction of sp³-hybridized carbons (Fsp3) is 0.148. The molecule has 0 aliphatic carbocycles. The third-order valence-corrected chi connectivity index (χ3v) is 5.66. The van der Waals surface area contributed by atoms with Crippen molar-refractivity contribution in [1.29, 1.82) is 0 Å². The van der Waals surface area contributed by atoms with Gasteiger partial charge in [-0.15, -0.1) is 0 Å². The number of nitrogens with one attached hydrogen (secondary N) is 1. The first-order valence-corrected chi connectivity index (χ1v) is 10.9. The fourth-order valence-electron chi connectivity index (χ4n) is 3.62. The highest BCUT2D eigenvalue weighted by Gasteiger charge is 2.32. The molecule has 1 atom stereocenters. The number of aromatic hydroxyl groups is 1. The average molecular weight is 445 g/mol. The molecule has 0 amide bonds. The highest BCUT2D eigenvalue weighted by atomic mass is 35.5. The van der Waals surface area contributed by atoms with Gasteiger partial charge in [-0.05, 0) is 34.4 Å². The third kappa shape index (κ3) is 5.67. The zero-order valence-corrected chi connectivity index (χ0v) is 18.4. The van der Waals surface area contributed by atoms with E-state index in [4.69, 9.17) is 16.3 Å². The number of nitrogens with zero attached hydrogens (tertiary/aromatic N) is 1. The number of aromatic amines is 1. The number of halogens is 1. The zero-order valence-electron chi connectivity index (χ0n) is 17.6. The number of rotatable bonds is 9. The second kappa shape index (κ2) is 10.3. The second-order valence-corrected chi connectivity index (χ2v) is 8.15. The molecule has 1 unspecified atom stereocenters. The van der Waals surface area contributed by atoms with Gasteiger partial charge in [-0.1, -0.05) is 90.5 Å². The van der Waals surface area contributed by atoms with E-state index in [9.17, 15) is 5.11 Å². The highest BCUT2D eigenvalue weighted by Crippen LogP contribution is 2.40. The predicted molar refractivity (Wildman–Crippen MR) is 129 cm³/mol. The van der Waals surface area contributed by atoms with Crippen LogP contribution in [0.3, 0.4) is 0 Å². The van der Waals surface area contributed by atoms with Crippen LogP contribution in [0.25, 0.3) is 11.6 Å². The number of phenolic OH excluding ortho intramolecular Hbond substituents is 1. The average Bonchev–Trinajstić information content (AvgIpc) is 3.33. The molecule has 0 fully saturated rings. The minimum absolute atomic E-state index is 0.223. The molecule has 162 valence electrons. The van der Waals surface area contributed by atoms with Crippen molar-refractivity contribution < 1.29 is 9.84 Å². The van der Waals surface area contributed by atoms with Gasteiger partial charge >= 0.3 is 0 Å². The lowest BCUT2D eigenvalue weighted by atomic mass is 9.93. The quantitative estimate of drug-likeness (QED) is 0.232. The van der Waals surface area contributed by atoms with Crippen LogP contribution in [0.4, 0.5) is 0 Å². The van der Waals surface area contributed by atoms with Crippen LogP contribution in [0.1, 0.15) is 28.9 Å². The Hall–Kier alpha value is -3.34. The summed E-state index contributed by atoms with van der Waals surface area (Å²) < 4.78 is 6.32. The Morgan fingerprint density at radius 1 is 1.00 bits per heavy atom. The van der Waals surface area contributed by atoms with Crippen LogP contribution < -0.4 is 0 Å². The number of hydrogen-bond acceptors (Lipinski definition) is 3. The first-order valence-electron chi connectivity index (χ1n) is 10.5. The Balaban J connectivity index is 1.67. The van der Waals surface area contributed by atoms with Crippen LogP contribution in [-0.2, 0) is 16.2 Å². The first kappa shape index (κ1) is 21.9. The summed E-state index contributed by atoms with van der Waals surface area (Å²) in [5.41, 5.74) is 3.84. The maximum atomic E-state index is 9.92. The van der Waals surface area contributed by atoms with E-state index in [1.54, 1.807) is 24.5 Å². The number of benzene rings is 3. The van der Waals surface area contributed by atoms with Crippen molar-refractivity contribution in [2.75, 3.05) is 6.61 Å². The standard InChI is InChI=1S/C27H25ClN2O2/c28-27(24-11-5-2-6-12-24,32-17-14-26-29-15-16-30-26)20-23(22-9-3-1-4-10-22)18-21-8-7-13-25(31)19-21/h1-13,15-16,18-19,31H,14,17,20H2,(H,29,30). The molecule has 0 saturated heterocycles. The van der Waals surface area contributed by atoms with Gasteiger partial charge in [-0.3, -0.25) is 0 Å². The normalized spacial score (nSPS) is 13.6. The topological polar surface area (TPSA) is 58.1 Å². The Morgan fingerprint density at radius 2 is 1.75 bits per heavy atom. The van der Waals surface area contributed by atoms with Crippen LogP contribution in [-0.4, -0.2) is 21.7 Å². The molecular formula is C27H25ClN2O2. The lowest BCUT2D eigenvalue weighted by Crippen LogP contribution is -2.25. The number of alkyl halides is 1. The van der Waals surface area contributed by atoms with E-state index >= 15 is 0 Å². The van der Waals surface area contributed by atoms with Gasteiger partial charge in [0.1, 0.15) is 11.6 Å². The van der Waals surface area contributed by atoms with Gasteiger partial charge in [0.25, 0.3) is 0 Å². The number of ether oxygens (including phenoxy) is 1. The van der Waals surface area contributed by atoms with Crippen molar-refractivity contribution in [3.05, 3.63) is 120 Å². The molecule has 0 saturated carbocycles. The van der Waals surface area contributed by atoms with Gasteiger partial charge in [-0.2, -0.15) is 0 Å². The van der Waals surface area contributed by atoms with E-state index < -0.39 is 5.06 Å². The molecule has 1 aromatic heterocycles. The molecule has 4 aromatic rings. The number of phenols is 1. The molecule has 0 bridgehead atoms. The van der Waals surface area contributed by atoms with Gasteiger partial charge in [0, 0.05) is 25.2 Å². The molecular weight excluding hydrogens is 420 g/mol. The summed E-state index contributed by atoms with van der Waals surface area (Å²) >= 11 is 7.20. The van der Waals surface area contributed by atoms with Gasteiger partial charge in [0.05, 0.1) is 6.61 Å². The van der Waals surface area contributed by atoms with E-state index in [2.05, 4.69) is 22.1 Å². The van der Waals surface area contributed by atoms with Crippen molar-refractivity contribution in [3.63, 3.8) is 0 Å². The van der Waals surface area contributed by atoms with E-state index in [0.717, 1.165) is 28.1 Å². The summed E-state index contributed by atoms with van der Waals surface area (Å²) in [6, 6.07) is 27.1. The molecule has 32 heavy (non-hydrogen) atoms. The summed E-state index contributed by atoms with van der Waals surface area (Å²) in [6.07, 6.45) is 6.64. The summed E-state index contributed by atoms with van der Waals surface area (Å²) in [6.45, 7) is 0.417. The lowest BCUT2D eigenvalue weighted by Gasteiger charge is -2.29. The van der Waals surface area contributed by atoms with Gasteiger partial charge in [0.2, 0.25) is 0 Å². The van der Waals surface area contributed by atoms with Gasteiger partial charge in [-0.25, -0.2) is 4.98 Å². The molecule has 0 aliphatic rings. The Morgan fingerprint density at radius 3 is 2.44 bits per heavy atom. The smallest absolute Gasteiger partial charge is 0.171 e. The van der Waals surface area contributed by atoms with Gasteiger partial charge < -0.3 is 14.8 Å². The van der Waals surface area contributed by atoms with Crippen molar-refractivity contribution in [2.45, 2.75) is 17.9 Å². The number of aromatic nitrogens is 2. The predicted octanol–water partition coefficient (Wildman–Crippen LogP) is 6.40. The fourth-order valence-corrected chi connectivity index (χ4v) is 3.96. The molecule has 0 aliphatic heterocycles. The van der Waals surface area contributed by atoms with Crippen LogP contribution in [0.5, 0.6) is 5.75 Å². The second-order valence-electron chi connectivity index (χ2n) is 7.54. The summed E-state index contributed by atoms with van der Waals surface area (Å²) in [5.74, 6) is 1.08. The number of imidazole rings is 1. The minimum Gasteiger partial charge on any atom is -0.508 e. The van der Waals surface area contributed by atoms with E-state index in [1.165, 1.54) is 0 Å². The van der Waals surface area contributed by atoms with Crippen molar-refractivity contribution in [1.82, 2.24) is 9.97 Å². The number of H-pyrrole nitrogens is 1. The Kier molecular flexibility index (Phi) is 7.05. The van der Waals surface area contributed by atoms with E-state index in [-0.39, 0.29) is 5.75 Å². The summed E-state index contributed by atoms with van der Waals surface area (Å²) in [4.78, 5) is 7.37. The Labute approximate surface area is 193 Å². The molecule has 3 aromatic carbocycles. The largest absolute Gasteiger partial charge is 0.508 e. The lowest BCUT2D eigenvalue weighted by molar-refractivity contribution is 0.0213. The highest BCUT2D eigenvalue weighted by molar-refractivity contribution is 6.23. The minimum atomic E-state index is -1.06. The van der Waals surface area contributed by atoms with E-state index in [1.807, 2.05) is 66.7 Å². The van der Waals surface area contributed by atoms with Crippen molar-refractivity contribution >= 4 is 23.3 Å². The van der Waals surface area contributed by atoms with Crippen LogP contribution in [0, 0.1) is 0 Å². The molecule has 0 spiro atoms.